The van der Waals surface area contributed by atoms with Gasteiger partial charge in [-0.3, -0.25) is 14.4 Å². The molecule has 2 saturated heterocycles. The van der Waals surface area contributed by atoms with E-state index in [0.29, 0.717) is 31.0 Å². The lowest BCUT2D eigenvalue weighted by Gasteiger charge is -2.36. The zero-order chi connectivity index (χ0) is 26.5. The largest absolute Gasteiger partial charge is 0.372 e. The van der Waals surface area contributed by atoms with Crippen LogP contribution in [0.2, 0.25) is 0 Å². The number of anilines is 1. The van der Waals surface area contributed by atoms with Crippen molar-refractivity contribution in [2.24, 2.45) is 7.05 Å². The number of carbonyl (C=O) groups excluding carboxylic acids is 1. The van der Waals surface area contributed by atoms with Gasteiger partial charge in [0.25, 0.3) is 5.91 Å². The van der Waals surface area contributed by atoms with E-state index in [1.165, 1.54) is 24.1 Å². The third kappa shape index (κ3) is 6.07. The fourth-order valence-corrected chi connectivity index (χ4v) is 5.22. The third-order valence-corrected chi connectivity index (χ3v) is 7.66. The van der Waals surface area contributed by atoms with E-state index in [1.807, 2.05) is 49.2 Å². The van der Waals surface area contributed by atoms with Gasteiger partial charge in [0.15, 0.2) is 5.69 Å². The van der Waals surface area contributed by atoms with Crippen molar-refractivity contribution < 1.29 is 9.53 Å². The molecule has 0 spiro atoms. The van der Waals surface area contributed by atoms with Gasteiger partial charge in [0, 0.05) is 64.2 Å². The minimum atomic E-state index is -0.103. The summed E-state index contributed by atoms with van der Waals surface area (Å²) in [5, 5.41) is 13.5. The number of nitrogens with zero attached hydrogens (tertiary/aromatic N) is 6. The summed E-state index contributed by atoms with van der Waals surface area (Å²) in [6.45, 7) is 8.32. The molecule has 1 atom stereocenters. The highest BCUT2D eigenvalue weighted by Crippen LogP contribution is 2.28. The minimum absolute atomic E-state index is 0.000260. The Kier molecular flexibility index (Phi) is 8.06. The number of aryl methyl sites for hydroxylation is 2. The summed E-state index contributed by atoms with van der Waals surface area (Å²) >= 11 is 0. The monoisotopic (exact) mass is 512 g/mol. The topological polar surface area (TPSA) is 77.6 Å². The van der Waals surface area contributed by atoms with Crippen molar-refractivity contribution >= 4 is 11.6 Å². The van der Waals surface area contributed by atoms with Crippen molar-refractivity contribution in [3.05, 3.63) is 82.7 Å². The first-order chi connectivity index (χ1) is 18.5. The second-order valence-electron chi connectivity index (χ2n) is 10.3. The molecule has 8 nitrogen and oxygen atoms in total. The number of amides is 1. The van der Waals surface area contributed by atoms with Crippen molar-refractivity contribution in [1.29, 1.82) is 5.26 Å². The van der Waals surface area contributed by atoms with Gasteiger partial charge < -0.3 is 14.5 Å². The van der Waals surface area contributed by atoms with Crippen LogP contribution in [0.4, 0.5) is 5.69 Å². The van der Waals surface area contributed by atoms with E-state index in [-0.39, 0.29) is 12.0 Å². The van der Waals surface area contributed by atoms with Gasteiger partial charge in [-0.2, -0.15) is 10.4 Å². The molecule has 0 aliphatic carbocycles. The maximum atomic E-state index is 13.0. The molecule has 0 N–H and O–H groups in total. The second-order valence-corrected chi connectivity index (χ2v) is 10.3. The Hall–Kier alpha value is -3.67. The second kappa shape index (κ2) is 11.8. The molecule has 1 aromatic heterocycles. The van der Waals surface area contributed by atoms with Crippen LogP contribution in [-0.2, 0) is 18.4 Å². The van der Waals surface area contributed by atoms with Crippen molar-refractivity contribution in [2.45, 2.75) is 32.5 Å². The number of rotatable bonds is 8. The molecule has 2 aliphatic heterocycles. The number of benzene rings is 2. The predicted octanol–water partition coefficient (Wildman–Crippen LogP) is 3.92. The minimum Gasteiger partial charge on any atom is -0.372 e. The molecule has 5 rings (SSSR count). The van der Waals surface area contributed by atoms with Crippen LogP contribution in [0.5, 0.6) is 0 Å². The van der Waals surface area contributed by atoms with E-state index in [9.17, 15) is 4.79 Å². The van der Waals surface area contributed by atoms with Crippen LogP contribution in [0, 0.1) is 18.3 Å². The molecule has 38 heavy (non-hydrogen) atoms. The van der Waals surface area contributed by atoms with E-state index in [1.54, 1.807) is 4.68 Å². The molecule has 2 aromatic carbocycles. The summed E-state index contributed by atoms with van der Waals surface area (Å²) in [7, 11) is 1.86. The molecule has 2 fully saturated rings. The van der Waals surface area contributed by atoms with Crippen molar-refractivity contribution in [3.8, 4) is 6.07 Å². The number of hydrogen-bond acceptors (Lipinski definition) is 6. The lowest BCUT2D eigenvalue weighted by atomic mass is 10.1. The van der Waals surface area contributed by atoms with Crippen molar-refractivity contribution in [2.75, 3.05) is 50.7 Å². The summed E-state index contributed by atoms with van der Waals surface area (Å²) < 4.78 is 8.28. The van der Waals surface area contributed by atoms with Crippen LogP contribution >= 0.6 is 0 Å². The maximum Gasteiger partial charge on any atom is 0.274 e. The van der Waals surface area contributed by atoms with Gasteiger partial charge in [-0.05, 0) is 61.2 Å². The van der Waals surface area contributed by atoms with Gasteiger partial charge in [0.05, 0.1) is 24.3 Å². The van der Waals surface area contributed by atoms with Crippen molar-refractivity contribution in [3.63, 3.8) is 0 Å². The van der Waals surface area contributed by atoms with Crippen LogP contribution in [-0.4, -0.2) is 71.3 Å². The van der Waals surface area contributed by atoms with Gasteiger partial charge in [-0.15, -0.1) is 0 Å². The number of carbonyl (C=O) groups is 1. The van der Waals surface area contributed by atoms with Crippen LogP contribution in [0.15, 0.2) is 54.6 Å². The van der Waals surface area contributed by atoms with Crippen molar-refractivity contribution in [1.82, 2.24) is 19.6 Å². The highest BCUT2D eigenvalue weighted by atomic mass is 16.5. The summed E-state index contributed by atoms with van der Waals surface area (Å²) in [5.41, 5.74) is 5.62. The van der Waals surface area contributed by atoms with Gasteiger partial charge in [-0.25, -0.2) is 0 Å². The van der Waals surface area contributed by atoms with E-state index in [4.69, 9.17) is 10.00 Å². The zero-order valence-electron chi connectivity index (χ0n) is 22.3. The molecular formula is C30H36N6O2. The molecule has 2 aliphatic rings. The molecule has 0 radical (unpaired) electrons. The molecule has 198 valence electrons. The molecular weight excluding hydrogens is 476 g/mol. The molecule has 0 bridgehead atoms. The van der Waals surface area contributed by atoms with E-state index < -0.39 is 0 Å². The van der Waals surface area contributed by atoms with Crippen LogP contribution in [0.1, 0.15) is 51.8 Å². The number of hydrogen-bond donors (Lipinski definition) is 0. The lowest BCUT2D eigenvalue weighted by Crippen LogP contribution is -2.49. The van der Waals surface area contributed by atoms with Gasteiger partial charge in [0.1, 0.15) is 0 Å². The Morgan fingerprint density at radius 2 is 1.76 bits per heavy atom. The average Bonchev–Trinajstić information content (AvgIpc) is 3.61. The molecule has 1 amide bonds. The van der Waals surface area contributed by atoms with Crippen LogP contribution in [0.25, 0.3) is 0 Å². The fourth-order valence-electron chi connectivity index (χ4n) is 5.22. The number of ether oxygens (including phenoxy) is 1. The first-order valence-corrected chi connectivity index (χ1v) is 13.5. The average molecular weight is 513 g/mol. The first kappa shape index (κ1) is 26.0. The highest BCUT2D eigenvalue weighted by Gasteiger charge is 2.26. The van der Waals surface area contributed by atoms with Crippen LogP contribution < -0.4 is 4.90 Å². The Morgan fingerprint density at radius 3 is 2.42 bits per heavy atom. The summed E-state index contributed by atoms with van der Waals surface area (Å²) in [6.07, 6.45) is 2.38. The van der Waals surface area contributed by atoms with Crippen LogP contribution in [0.3, 0.4) is 0 Å². The molecule has 3 aromatic rings. The Balaban J connectivity index is 1.26. The van der Waals surface area contributed by atoms with E-state index in [2.05, 4.69) is 45.2 Å². The van der Waals surface area contributed by atoms with Gasteiger partial charge in [0.2, 0.25) is 0 Å². The summed E-state index contributed by atoms with van der Waals surface area (Å²) in [4.78, 5) is 19.7. The van der Waals surface area contributed by atoms with Gasteiger partial charge >= 0.3 is 0 Å². The molecule has 0 saturated carbocycles. The van der Waals surface area contributed by atoms with E-state index in [0.717, 1.165) is 44.0 Å². The molecule has 8 heteroatoms. The lowest BCUT2D eigenvalue weighted by molar-refractivity contribution is 0.00337. The number of piperazine rings is 1. The standard InChI is InChI=1S/C30H36N6O2/c1-23-18-28(32-33(23)2)30(37)36-16-14-34(15-17-36)21-29(38-22-25-10-8-24(20-31)9-11-25)26-6-5-7-27(19-26)35-12-3-4-13-35/h5-11,18-19,29H,3-4,12-17,21-22H2,1-2H3. The Labute approximate surface area is 225 Å². The fraction of sp³-hybridized carbons (Fsp3) is 0.433. The highest BCUT2D eigenvalue weighted by molar-refractivity contribution is 5.92. The maximum absolute atomic E-state index is 13.0. The quantitative estimate of drug-likeness (QED) is 0.455. The Morgan fingerprint density at radius 1 is 1.03 bits per heavy atom. The summed E-state index contributed by atoms with van der Waals surface area (Å²) in [5.74, 6) is 0.000260. The smallest absolute Gasteiger partial charge is 0.274 e. The zero-order valence-corrected chi connectivity index (χ0v) is 22.3. The third-order valence-electron chi connectivity index (χ3n) is 7.66. The normalized spacial score (nSPS) is 17.0. The predicted molar refractivity (Wildman–Crippen MR) is 147 cm³/mol. The van der Waals surface area contributed by atoms with E-state index >= 15 is 0 Å². The Bertz CT molecular complexity index is 1260. The van der Waals surface area contributed by atoms with Gasteiger partial charge in [-0.1, -0.05) is 24.3 Å². The summed E-state index contributed by atoms with van der Waals surface area (Å²) in [6, 6.07) is 20.4. The SMILES string of the molecule is Cc1cc(C(=O)N2CCN(CC(OCc3ccc(C#N)cc3)c3cccc(N4CCCC4)c3)CC2)nn1C. The molecule has 3 heterocycles. The number of nitriles is 1. The molecule has 1 unspecified atom stereocenters. The first-order valence-electron chi connectivity index (χ1n) is 13.5. The number of aromatic nitrogens is 2.